The standard InChI is InChI=1S/C21H29NO2/c1-13(23)22-20-12-17-16(8-10-21(2)9-4-5-19(17)21)15-7-6-14(24-3)11-18(15)20/h6-7,11,16-17,19-20H,4-5,8-10,12H2,1-3H3,(H,22,23)/t16-,17-,19+,20-,21+/m1/s1. The first-order valence-corrected chi connectivity index (χ1v) is 9.47. The smallest absolute Gasteiger partial charge is 0.217 e. The molecule has 2 fully saturated rings. The zero-order chi connectivity index (χ0) is 16.9. The lowest BCUT2D eigenvalue weighted by Gasteiger charge is -2.51. The number of carbonyl (C=O) groups is 1. The molecule has 3 aliphatic carbocycles. The number of carbonyl (C=O) groups excluding carboxylic acids is 1. The summed E-state index contributed by atoms with van der Waals surface area (Å²) in [6.07, 6.45) is 7.88. The van der Waals surface area contributed by atoms with Gasteiger partial charge in [0.2, 0.25) is 5.91 Å². The van der Waals surface area contributed by atoms with Gasteiger partial charge in [-0.15, -0.1) is 0 Å². The van der Waals surface area contributed by atoms with Gasteiger partial charge in [0.1, 0.15) is 5.75 Å². The molecule has 0 bridgehead atoms. The molecule has 0 spiro atoms. The van der Waals surface area contributed by atoms with Crippen LogP contribution in [0, 0.1) is 17.3 Å². The van der Waals surface area contributed by atoms with Crippen LogP contribution in [-0.2, 0) is 4.79 Å². The predicted molar refractivity (Wildman–Crippen MR) is 95.1 cm³/mol. The lowest BCUT2D eigenvalue weighted by molar-refractivity contribution is -0.120. The van der Waals surface area contributed by atoms with Crippen molar-refractivity contribution in [2.45, 2.75) is 64.3 Å². The lowest BCUT2D eigenvalue weighted by Crippen LogP contribution is -2.43. The van der Waals surface area contributed by atoms with E-state index in [1.807, 2.05) is 0 Å². The fourth-order valence-electron chi connectivity index (χ4n) is 6.10. The first-order valence-electron chi connectivity index (χ1n) is 9.47. The summed E-state index contributed by atoms with van der Waals surface area (Å²) in [5.41, 5.74) is 3.28. The van der Waals surface area contributed by atoms with E-state index >= 15 is 0 Å². The number of nitrogens with one attached hydrogen (secondary N) is 1. The monoisotopic (exact) mass is 327 g/mol. The predicted octanol–water partition coefficient (Wildman–Crippen LogP) is 4.58. The van der Waals surface area contributed by atoms with Crippen molar-refractivity contribution in [3.8, 4) is 5.75 Å². The first-order chi connectivity index (χ1) is 11.5. The molecule has 2 saturated carbocycles. The highest BCUT2D eigenvalue weighted by Crippen LogP contribution is 2.62. The molecule has 0 radical (unpaired) electrons. The molecule has 1 N–H and O–H groups in total. The second-order valence-corrected chi connectivity index (χ2v) is 8.45. The molecular weight excluding hydrogens is 298 g/mol. The minimum Gasteiger partial charge on any atom is -0.497 e. The fourth-order valence-corrected chi connectivity index (χ4v) is 6.10. The molecule has 3 nitrogen and oxygen atoms in total. The van der Waals surface area contributed by atoms with Crippen LogP contribution in [0.2, 0.25) is 0 Å². The number of benzene rings is 1. The highest BCUT2D eigenvalue weighted by Gasteiger charge is 2.51. The molecule has 0 aromatic heterocycles. The number of methoxy groups -OCH3 is 1. The molecule has 24 heavy (non-hydrogen) atoms. The molecule has 3 aliphatic rings. The van der Waals surface area contributed by atoms with Crippen LogP contribution >= 0.6 is 0 Å². The molecular formula is C21H29NO2. The Labute approximate surface area is 145 Å². The van der Waals surface area contributed by atoms with Crippen molar-refractivity contribution in [2.24, 2.45) is 17.3 Å². The summed E-state index contributed by atoms with van der Waals surface area (Å²) in [6, 6.07) is 6.64. The van der Waals surface area contributed by atoms with Crippen LogP contribution in [0.3, 0.4) is 0 Å². The minimum absolute atomic E-state index is 0.0669. The highest BCUT2D eigenvalue weighted by atomic mass is 16.5. The summed E-state index contributed by atoms with van der Waals surface area (Å²) in [6.45, 7) is 4.14. The van der Waals surface area contributed by atoms with Crippen molar-refractivity contribution in [1.82, 2.24) is 5.32 Å². The van der Waals surface area contributed by atoms with Crippen LogP contribution in [0.4, 0.5) is 0 Å². The molecule has 0 unspecified atom stereocenters. The van der Waals surface area contributed by atoms with E-state index in [1.165, 1.54) is 43.2 Å². The van der Waals surface area contributed by atoms with Crippen LogP contribution in [-0.4, -0.2) is 13.0 Å². The fraction of sp³-hybridized carbons (Fsp3) is 0.667. The molecule has 0 aliphatic heterocycles. The Balaban J connectivity index is 1.75. The Bertz CT molecular complexity index is 655. The molecule has 1 aromatic carbocycles. The van der Waals surface area contributed by atoms with E-state index in [-0.39, 0.29) is 11.9 Å². The third-order valence-electron chi connectivity index (χ3n) is 7.17. The molecule has 0 saturated heterocycles. The molecule has 3 heteroatoms. The van der Waals surface area contributed by atoms with Gasteiger partial charge in [0.05, 0.1) is 13.2 Å². The van der Waals surface area contributed by atoms with Crippen LogP contribution in [0.1, 0.15) is 75.5 Å². The maximum atomic E-state index is 11.8. The van der Waals surface area contributed by atoms with Gasteiger partial charge in [-0.2, -0.15) is 0 Å². The van der Waals surface area contributed by atoms with Crippen LogP contribution in [0.25, 0.3) is 0 Å². The lowest BCUT2D eigenvalue weighted by atomic mass is 9.55. The maximum absolute atomic E-state index is 11.8. The van der Waals surface area contributed by atoms with Crippen molar-refractivity contribution >= 4 is 5.91 Å². The number of ether oxygens (including phenoxy) is 1. The van der Waals surface area contributed by atoms with Gasteiger partial charge >= 0.3 is 0 Å². The van der Waals surface area contributed by atoms with E-state index in [0.717, 1.165) is 18.1 Å². The second-order valence-electron chi connectivity index (χ2n) is 8.45. The first kappa shape index (κ1) is 16.0. The van der Waals surface area contributed by atoms with Gasteiger partial charge in [0.25, 0.3) is 0 Å². The van der Waals surface area contributed by atoms with Gasteiger partial charge in [-0.25, -0.2) is 0 Å². The van der Waals surface area contributed by atoms with Crippen molar-refractivity contribution in [3.63, 3.8) is 0 Å². The number of fused-ring (bicyclic) bond motifs is 5. The molecule has 5 atom stereocenters. The van der Waals surface area contributed by atoms with E-state index in [2.05, 4.69) is 30.4 Å². The van der Waals surface area contributed by atoms with Gasteiger partial charge in [0.15, 0.2) is 0 Å². The van der Waals surface area contributed by atoms with Crippen LogP contribution in [0.15, 0.2) is 18.2 Å². The summed E-state index contributed by atoms with van der Waals surface area (Å²) < 4.78 is 5.44. The normalized spacial score (nSPS) is 37.1. The van der Waals surface area contributed by atoms with Gasteiger partial charge in [0, 0.05) is 6.92 Å². The summed E-state index contributed by atoms with van der Waals surface area (Å²) >= 11 is 0. The Hall–Kier alpha value is -1.51. The van der Waals surface area contributed by atoms with Crippen molar-refractivity contribution in [2.75, 3.05) is 7.11 Å². The van der Waals surface area contributed by atoms with Crippen LogP contribution < -0.4 is 10.1 Å². The number of rotatable bonds is 2. The van der Waals surface area contributed by atoms with Gasteiger partial charge in [-0.05, 0) is 78.5 Å². The molecule has 4 rings (SSSR count). The minimum atomic E-state index is 0.0669. The van der Waals surface area contributed by atoms with Gasteiger partial charge < -0.3 is 10.1 Å². The van der Waals surface area contributed by atoms with Crippen molar-refractivity contribution in [3.05, 3.63) is 29.3 Å². The summed E-state index contributed by atoms with van der Waals surface area (Å²) in [4.78, 5) is 11.8. The quantitative estimate of drug-likeness (QED) is 0.863. The Kier molecular flexibility index (Phi) is 3.85. The van der Waals surface area contributed by atoms with E-state index in [4.69, 9.17) is 4.74 Å². The van der Waals surface area contributed by atoms with Gasteiger partial charge in [-0.3, -0.25) is 4.79 Å². The summed E-state index contributed by atoms with van der Waals surface area (Å²) in [5, 5.41) is 3.22. The molecule has 0 heterocycles. The second kappa shape index (κ2) is 5.79. The number of hydrogen-bond donors (Lipinski definition) is 1. The Morgan fingerprint density at radius 2 is 2.08 bits per heavy atom. The zero-order valence-corrected chi connectivity index (χ0v) is 15.1. The van der Waals surface area contributed by atoms with Gasteiger partial charge in [-0.1, -0.05) is 19.4 Å². The molecule has 1 amide bonds. The van der Waals surface area contributed by atoms with E-state index in [0.29, 0.717) is 17.3 Å². The SMILES string of the molecule is COc1ccc2c(c1)[C@H](NC(C)=O)C[C@@H]1[C@@H]2CC[C@]2(C)CCC[C@@H]12. The molecule has 1 aromatic rings. The maximum Gasteiger partial charge on any atom is 0.217 e. The summed E-state index contributed by atoms with van der Waals surface area (Å²) in [7, 11) is 1.71. The van der Waals surface area contributed by atoms with E-state index < -0.39 is 0 Å². The average molecular weight is 327 g/mol. The number of hydrogen-bond acceptors (Lipinski definition) is 2. The Morgan fingerprint density at radius 1 is 1.25 bits per heavy atom. The Morgan fingerprint density at radius 3 is 2.83 bits per heavy atom. The van der Waals surface area contributed by atoms with Crippen molar-refractivity contribution < 1.29 is 9.53 Å². The number of amides is 1. The van der Waals surface area contributed by atoms with Crippen LogP contribution in [0.5, 0.6) is 5.75 Å². The highest BCUT2D eigenvalue weighted by molar-refractivity contribution is 5.73. The third-order valence-corrected chi connectivity index (χ3v) is 7.17. The average Bonchev–Trinajstić information content (AvgIpc) is 2.96. The van der Waals surface area contributed by atoms with E-state index in [9.17, 15) is 4.79 Å². The van der Waals surface area contributed by atoms with Crippen molar-refractivity contribution in [1.29, 1.82) is 0 Å². The third kappa shape index (κ3) is 2.44. The van der Waals surface area contributed by atoms with E-state index in [1.54, 1.807) is 14.0 Å². The zero-order valence-electron chi connectivity index (χ0n) is 15.1. The summed E-state index contributed by atoms with van der Waals surface area (Å²) in [5.74, 6) is 3.15. The topological polar surface area (TPSA) is 38.3 Å². The largest absolute Gasteiger partial charge is 0.497 e. The molecule has 130 valence electrons.